The Labute approximate surface area is 120 Å². The molecule has 104 valence electrons. The van der Waals surface area contributed by atoms with Crippen molar-refractivity contribution in [2.45, 2.75) is 18.9 Å². The smallest absolute Gasteiger partial charge is 0.305 e. The second kappa shape index (κ2) is 7.91. The lowest BCUT2D eigenvalue weighted by Crippen LogP contribution is -2.30. The third-order valence-electron chi connectivity index (χ3n) is 2.50. The first-order valence-corrected chi connectivity index (χ1v) is 6.57. The van der Waals surface area contributed by atoms with Crippen molar-refractivity contribution in [3.8, 4) is 0 Å². The number of halogens is 1. The summed E-state index contributed by atoms with van der Waals surface area (Å²) >= 11 is 3.32. The molecule has 0 radical (unpaired) electrons. The number of carbonyl (C=O) groups excluding carboxylic acids is 1. The van der Waals surface area contributed by atoms with Gasteiger partial charge in [-0.2, -0.15) is 0 Å². The van der Waals surface area contributed by atoms with Crippen LogP contribution in [-0.4, -0.2) is 30.7 Å². The van der Waals surface area contributed by atoms with Crippen LogP contribution in [0.25, 0.3) is 0 Å². The lowest BCUT2D eigenvalue weighted by Gasteiger charge is -2.17. The van der Waals surface area contributed by atoms with Crippen molar-refractivity contribution in [2.24, 2.45) is 0 Å². The Morgan fingerprint density at radius 3 is 2.79 bits per heavy atom. The lowest BCUT2D eigenvalue weighted by molar-refractivity contribution is -0.137. The van der Waals surface area contributed by atoms with Crippen LogP contribution >= 0.6 is 15.9 Å². The highest BCUT2D eigenvalue weighted by atomic mass is 79.9. The largest absolute Gasteiger partial charge is 0.481 e. The molecule has 0 bridgehead atoms. The molecule has 1 aromatic rings. The Morgan fingerprint density at radius 1 is 1.47 bits per heavy atom. The van der Waals surface area contributed by atoms with Gasteiger partial charge in [0.15, 0.2) is 0 Å². The van der Waals surface area contributed by atoms with E-state index in [9.17, 15) is 9.59 Å². The highest BCUT2D eigenvalue weighted by Gasteiger charge is 2.18. The number of hydrogen-bond donors (Lipinski definition) is 2. The maximum atomic E-state index is 11.7. The Bertz CT molecular complexity index is 450. The molecule has 0 aliphatic rings. The van der Waals surface area contributed by atoms with Crippen molar-refractivity contribution in [3.05, 3.63) is 34.3 Å². The molecule has 0 heterocycles. The first-order chi connectivity index (χ1) is 9.02. The summed E-state index contributed by atoms with van der Waals surface area (Å²) in [5.74, 6) is -1.19. The number of aliphatic carboxylic acids is 1. The van der Waals surface area contributed by atoms with Gasteiger partial charge < -0.3 is 15.2 Å². The van der Waals surface area contributed by atoms with Gasteiger partial charge in [0.2, 0.25) is 5.91 Å². The van der Waals surface area contributed by atoms with Gasteiger partial charge in [-0.15, -0.1) is 0 Å². The summed E-state index contributed by atoms with van der Waals surface area (Å²) < 4.78 is 5.65. The van der Waals surface area contributed by atoms with Gasteiger partial charge in [-0.25, -0.2) is 0 Å². The number of rotatable bonds is 7. The van der Waals surface area contributed by atoms with Crippen molar-refractivity contribution >= 4 is 27.8 Å². The van der Waals surface area contributed by atoms with Crippen LogP contribution in [0.5, 0.6) is 0 Å². The molecule has 1 amide bonds. The topological polar surface area (TPSA) is 75.6 Å². The van der Waals surface area contributed by atoms with E-state index in [4.69, 9.17) is 9.84 Å². The zero-order valence-corrected chi connectivity index (χ0v) is 12.1. The molecule has 1 aromatic carbocycles. The monoisotopic (exact) mass is 329 g/mol. The molecule has 0 saturated heterocycles. The summed E-state index contributed by atoms with van der Waals surface area (Å²) in [6.07, 6.45) is 0.0514. The summed E-state index contributed by atoms with van der Waals surface area (Å²) in [4.78, 5) is 22.5. The van der Waals surface area contributed by atoms with Gasteiger partial charge in [0.25, 0.3) is 0 Å². The van der Waals surface area contributed by atoms with Gasteiger partial charge in [-0.3, -0.25) is 9.59 Å². The number of hydrogen-bond acceptors (Lipinski definition) is 3. The predicted molar refractivity (Wildman–Crippen MR) is 73.8 cm³/mol. The van der Waals surface area contributed by atoms with Gasteiger partial charge in [0.05, 0.1) is 19.1 Å². The standard InChI is InChI=1S/C13H16BrNO4/c1-19-6-5-12(16)15-11(8-13(17)18)9-3-2-4-10(14)7-9/h2-4,7,11H,5-6,8H2,1H3,(H,15,16)(H,17,18). The van der Waals surface area contributed by atoms with Gasteiger partial charge in [0, 0.05) is 18.0 Å². The predicted octanol–water partition coefficient (Wildman–Crippen LogP) is 2.12. The number of carboxylic acids is 1. The summed E-state index contributed by atoms with van der Waals surface area (Å²) in [6, 6.07) is 6.68. The zero-order valence-electron chi connectivity index (χ0n) is 10.6. The maximum Gasteiger partial charge on any atom is 0.305 e. The SMILES string of the molecule is COCCC(=O)NC(CC(=O)O)c1cccc(Br)c1. The number of benzene rings is 1. The van der Waals surface area contributed by atoms with Crippen LogP contribution in [0.1, 0.15) is 24.4 Å². The van der Waals surface area contributed by atoms with E-state index in [2.05, 4.69) is 21.2 Å². The molecule has 5 nitrogen and oxygen atoms in total. The summed E-state index contributed by atoms with van der Waals surface area (Å²) in [5, 5.41) is 11.6. The molecular formula is C13H16BrNO4. The van der Waals surface area contributed by atoms with Crippen LogP contribution in [0, 0.1) is 0 Å². The summed E-state index contributed by atoms with van der Waals surface area (Å²) in [6.45, 7) is 0.310. The first-order valence-electron chi connectivity index (χ1n) is 5.78. The van der Waals surface area contributed by atoms with E-state index >= 15 is 0 Å². The number of ether oxygens (including phenoxy) is 1. The fourth-order valence-corrected chi connectivity index (χ4v) is 2.03. The van der Waals surface area contributed by atoms with E-state index in [1.54, 1.807) is 18.2 Å². The van der Waals surface area contributed by atoms with Crippen molar-refractivity contribution in [2.75, 3.05) is 13.7 Å². The fourth-order valence-electron chi connectivity index (χ4n) is 1.61. The zero-order chi connectivity index (χ0) is 14.3. The highest BCUT2D eigenvalue weighted by molar-refractivity contribution is 9.10. The van der Waals surface area contributed by atoms with Crippen LogP contribution in [0.2, 0.25) is 0 Å². The third kappa shape index (κ3) is 5.85. The normalized spacial score (nSPS) is 11.9. The molecule has 0 aliphatic carbocycles. The number of nitrogens with one attached hydrogen (secondary N) is 1. The van der Waals surface area contributed by atoms with Crippen molar-refractivity contribution < 1.29 is 19.4 Å². The van der Waals surface area contributed by atoms with Gasteiger partial charge >= 0.3 is 5.97 Å². The van der Waals surface area contributed by atoms with Gasteiger partial charge in [-0.1, -0.05) is 28.1 Å². The van der Waals surface area contributed by atoms with E-state index in [-0.39, 0.29) is 18.7 Å². The molecule has 1 atom stereocenters. The average Bonchev–Trinajstić information content (AvgIpc) is 2.35. The third-order valence-corrected chi connectivity index (χ3v) is 2.99. The van der Waals surface area contributed by atoms with E-state index < -0.39 is 12.0 Å². The highest BCUT2D eigenvalue weighted by Crippen LogP contribution is 2.21. The molecule has 0 spiro atoms. The van der Waals surface area contributed by atoms with Gasteiger partial charge in [-0.05, 0) is 17.7 Å². The summed E-state index contributed by atoms with van der Waals surface area (Å²) in [7, 11) is 1.51. The fraction of sp³-hybridized carbons (Fsp3) is 0.385. The molecule has 0 saturated carbocycles. The van der Waals surface area contributed by atoms with E-state index in [1.807, 2.05) is 6.07 Å². The van der Waals surface area contributed by atoms with Crippen molar-refractivity contribution in [1.82, 2.24) is 5.32 Å². The Balaban J connectivity index is 2.77. The second-order valence-electron chi connectivity index (χ2n) is 4.02. The molecule has 6 heteroatoms. The van der Waals surface area contributed by atoms with Crippen LogP contribution in [-0.2, 0) is 14.3 Å². The molecule has 2 N–H and O–H groups in total. The molecule has 0 aromatic heterocycles. The molecule has 0 fully saturated rings. The van der Waals surface area contributed by atoms with Crippen molar-refractivity contribution in [1.29, 1.82) is 0 Å². The molecule has 0 aliphatic heterocycles. The summed E-state index contributed by atoms with van der Waals surface area (Å²) in [5.41, 5.74) is 0.752. The minimum Gasteiger partial charge on any atom is -0.481 e. The number of amides is 1. The van der Waals surface area contributed by atoms with E-state index in [1.165, 1.54) is 7.11 Å². The molecule has 1 unspecified atom stereocenters. The van der Waals surface area contributed by atoms with Crippen LogP contribution < -0.4 is 5.32 Å². The number of carbonyl (C=O) groups is 2. The minimum absolute atomic E-state index is 0.158. The number of methoxy groups -OCH3 is 1. The quantitative estimate of drug-likeness (QED) is 0.803. The molecule has 1 rings (SSSR count). The lowest BCUT2D eigenvalue weighted by atomic mass is 10.0. The van der Waals surface area contributed by atoms with E-state index in [0.717, 1.165) is 10.0 Å². The Morgan fingerprint density at radius 2 is 2.21 bits per heavy atom. The van der Waals surface area contributed by atoms with Crippen LogP contribution in [0.4, 0.5) is 0 Å². The van der Waals surface area contributed by atoms with Crippen molar-refractivity contribution in [3.63, 3.8) is 0 Å². The van der Waals surface area contributed by atoms with Gasteiger partial charge in [0.1, 0.15) is 0 Å². The Kier molecular flexibility index (Phi) is 6.52. The molecular weight excluding hydrogens is 314 g/mol. The van der Waals surface area contributed by atoms with E-state index in [0.29, 0.717) is 6.61 Å². The maximum absolute atomic E-state index is 11.7. The first kappa shape index (κ1) is 15.7. The average molecular weight is 330 g/mol. The number of carboxylic acid groups (broad SMARTS) is 1. The van der Waals surface area contributed by atoms with Crippen LogP contribution in [0.15, 0.2) is 28.7 Å². The Hall–Kier alpha value is -1.40. The van der Waals surface area contributed by atoms with Crippen LogP contribution in [0.3, 0.4) is 0 Å². The second-order valence-corrected chi connectivity index (χ2v) is 4.93. The molecule has 19 heavy (non-hydrogen) atoms. The minimum atomic E-state index is -0.961.